The van der Waals surface area contributed by atoms with E-state index in [4.69, 9.17) is 0 Å². The Kier molecular flexibility index (Phi) is 10.4. The zero-order valence-corrected chi connectivity index (χ0v) is 21.5. The molecule has 2 nitrogen and oxygen atoms in total. The van der Waals surface area contributed by atoms with Crippen LogP contribution in [0.3, 0.4) is 0 Å². The van der Waals surface area contributed by atoms with Crippen molar-refractivity contribution >= 4 is 0 Å². The van der Waals surface area contributed by atoms with E-state index in [0.717, 1.165) is 5.92 Å². The molecule has 1 saturated carbocycles. The minimum Gasteiger partial charge on any atom is -0.508 e. The van der Waals surface area contributed by atoms with E-state index in [1.165, 1.54) is 115 Å². The Morgan fingerprint density at radius 3 is 2.41 bits per heavy atom. The van der Waals surface area contributed by atoms with Crippen LogP contribution in [0.2, 0.25) is 0 Å². The second-order valence-corrected chi connectivity index (χ2v) is 11.1. The molecule has 1 aliphatic carbocycles. The van der Waals surface area contributed by atoms with Crippen molar-refractivity contribution in [1.29, 1.82) is 0 Å². The van der Waals surface area contributed by atoms with Crippen molar-refractivity contribution in [3.05, 3.63) is 29.8 Å². The summed E-state index contributed by atoms with van der Waals surface area (Å²) in [5.74, 6) is 2.07. The highest BCUT2D eigenvalue weighted by Crippen LogP contribution is 2.49. The Bertz CT molecular complexity index is 652. The van der Waals surface area contributed by atoms with Gasteiger partial charge in [0.25, 0.3) is 0 Å². The van der Waals surface area contributed by atoms with Crippen LogP contribution in [0.5, 0.6) is 5.75 Å². The predicted molar refractivity (Wildman–Crippen MR) is 138 cm³/mol. The molecule has 3 rings (SSSR count). The minimum atomic E-state index is 0.228. The van der Waals surface area contributed by atoms with E-state index in [2.05, 4.69) is 43.9 Å². The standard InChI is InChI=1S/C30H51NO/c1-4-7-10-17-27-24-31(23-25-15-11-9-12-16-25)28(6-3)22-30(27,20-13-8-5-2)26-18-14-19-29(32)21-26/h14,18-19,21,25,27-28,32H,4-13,15-17,20,22-24H2,1-3H3. The fourth-order valence-corrected chi connectivity index (χ4v) is 6.97. The van der Waals surface area contributed by atoms with Gasteiger partial charge in [-0.2, -0.15) is 0 Å². The lowest BCUT2D eigenvalue weighted by molar-refractivity contribution is 0.0121. The van der Waals surface area contributed by atoms with Gasteiger partial charge in [-0.25, -0.2) is 0 Å². The van der Waals surface area contributed by atoms with Gasteiger partial charge in [0.1, 0.15) is 5.75 Å². The van der Waals surface area contributed by atoms with E-state index >= 15 is 0 Å². The summed E-state index contributed by atoms with van der Waals surface area (Å²) in [6, 6.07) is 9.07. The van der Waals surface area contributed by atoms with Crippen LogP contribution in [0.25, 0.3) is 0 Å². The lowest BCUT2D eigenvalue weighted by atomic mass is 9.59. The SMILES string of the molecule is CCCCCC1CN(CC2CCCCC2)C(CC)CC1(CCCCC)c1cccc(O)c1. The van der Waals surface area contributed by atoms with E-state index < -0.39 is 0 Å². The predicted octanol–water partition coefficient (Wildman–Crippen LogP) is 8.47. The zero-order valence-electron chi connectivity index (χ0n) is 21.5. The first-order chi connectivity index (χ1) is 15.6. The third kappa shape index (κ3) is 6.52. The number of phenols is 1. The number of phenolic OH excluding ortho intramolecular Hbond substituents is 1. The van der Waals surface area contributed by atoms with Gasteiger partial charge in [0, 0.05) is 24.5 Å². The summed E-state index contributed by atoms with van der Waals surface area (Å²) in [6.07, 6.45) is 20.3. The summed E-state index contributed by atoms with van der Waals surface area (Å²) in [6.45, 7) is 9.65. The summed E-state index contributed by atoms with van der Waals surface area (Å²) in [5.41, 5.74) is 1.65. The van der Waals surface area contributed by atoms with E-state index in [1.807, 2.05) is 6.07 Å². The number of benzene rings is 1. The van der Waals surface area contributed by atoms with Crippen LogP contribution in [0.4, 0.5) is 0 Å². The van der Waals surface area contributed by atoms with Gasteiger partial charge < -0.3 is 5.11 Å². The molecule has 1 heterocycles. The van der Waals surface area contributed by atoms with Crippen molar-refractivity contribution in [2.24, 2.45) is 11.8 Å². The molecule has 3 atom stereocenters. The Labute approximate surface area is 199 Å². The van der Waals surface area contributed by atoms with Gasteiger partial charge in [0.2, 0.25) is 0 Å². The summed E-state index contributed by atoms with van der Waals surface area (Å²) < 4.78 is 0. The van der Waals surface area contributed by atoms with Crippen molar-refractivity contribution in [3.63, 3.8) is 0 Å². The van der Waals surface area contributed by atoms with E-state index in [0.29, 0.717) is 17.7 Å². The van der Waals surface area contributed by atoms with E-state index in [-0.39, 0.29) is 5.41 Å². The van der Waals surface area contributed by atoms with Crippen molar-refractivity contribution in [1.82, 2.24) is 4.90 Å². The molecule has 0 aromatic heterocycles. The van der Waals surface area contributed by atoms with Gasteiger partial charge in [0.05, 0.1) is 0 Å². The fraction of sp³-hybridized carbons (Fsp3) is 0.800. The lowest BCUT2D eigenvalue weighted by Crippen LogP contribution is -2.55. The normalized spacial score (nSPS) is 27.6. The molecular weight excluding hydrogens is 390 g/mol. The number of hydrogen-bond donors (Lipinski definition) is 1. The number of aromatic hydroxyl groups is 1. The van der Waals surface area contributed by atoms with Gasteiger partial charge >= 0.3 is 0 Å². The molecule has 1 aliphatic heterocycles. The van der Waals surface area contributed by atoms with Crippen molar-refractivity contribution in [3.8, 4) is 5.75 Å². The van der Waals surface area contributed by atoms with Crippen LogP contribution in [0.1, 0.15) is 123 Å². The minimum absolute atomic E-state index is 0.228. The highest BCUT2D eigenvalue weighted by Gasteiger charge is 2.47. The molecule has 2 fully saturated rings. The van der Waals surface area contributed by atoms with Crippen molar-refractivity contribution in [2.45, 2.75) is 129 Å². The van der Waals surface area contributed by atoms with Crippen LogP contribution in [0.15, 0.2) is 24.3 Å². The summed E-state index contributed by atoms with van der Waals surface area (Å²) >= 11 is 0. The topological polar surface area (TPSA) is 23.5 Å². The molecule has 2 aliphatic rings. The average molecular weight is 442 g/mol. The molecule has 0 amide bonds. The van der Waals surface area contributed by atoms with Crippen molar-refractivity contribution in [2.75, 3.05) is 13.1 Å². The third-order valence-corrected chi connectivity index (χ3v) is 8.84. The molecule has 3 unspecified atom stereocenters. The van der Waals surface area contributed by atoms with Gasteiger partial charge in [-0.05, 0) is 68.1 Å². The zero-order chi connectivity index (χ0) is 22.8. The maximum Gasteiger partial charge on any atom is 0.115 e. The number of nitrogens with zero attached hydrogens (tertiary/aromatic N) is 1. The highest BCUT2D eigenvalue weighted by atomic mass is 16.3. The van der Waals surface area contributed by atoms with Gasteiger partial charge in [0.15, 0.2) is 0 Å². The lowest BCUT2D eigenvalue weighted by Gasteiger charge is -2.53. The number of likely N-dealkylation sites (tertiary alicyclic amines) is 1. The Morgan fingerprint density at radius 2 is 1.72 bits per heavy atom. The Morgan fingerprint density at radius 1 is 0.969 bits per heavy atom. The molecule has 182 valence electrons. The molecule has 1 saturated heterocycles. The molecule has 0 bridgehead atoms. The molecule has 0 spiro atoms. The molecule has 32 heavy (non-hydrogen) atoms. The van der Waals surface area contributed by atoms with Gasteiger partial charge in [-0.1, -0.05) is 90.7 Å². The first-order valence-corrected chi connectivity index (χ1v) is 14.2. The molecule has 1 N–H and O–H groups in total. The van der Waals surface area contributed by atoms with Crippen LogP contribution in [-0.4, -0.2) is 29.1 Å². The second kappa shape index (κ2) is 13.0. The maximum absolute atomic E-state index is 10.4. The first kappa shape index (κ1) is 25.6. The number of piperidine rings is 1. The number of hydrogen-bond acceptors (Lipinski definition) is 2. The number of unbranched alkanes of at least 4 members (excludes halogenated alkanes) is 4. The molecule has 1 aromatic carbocycles. The summed E-state index contributed by atoms with van der Waals surface area (Å²) in [7, 11) is 0. The highest BCUT2D eigenvalue weighted by molar-refractivity contribution is 5.35. The Hall–Kier alpha value is -1.02. The van der Waals surface area contributed by atoms with Crippen LogP contribution >= 0.6 is 0 Å². The molecule has 0 radical (unpaired) electrons. The van der Waals surface area contributed by atoms with Crippen LogP contribution in [0, 0.1) is 11.8 Å². The van der Waals surface area contributed by atoms with Crippen molar-refractivity contribution < 1.29 is 5.11 Å². The Balaban J connectivity index is 1.90. The quantitative estimate of drug-likeness (QED) is 0.329. The smallest absolute Gasteiger partial charge is 0.115 e. The molecular formula is C30H51NO. The van der Waals surface area contributed by atoms with Gasteiger partial charge in [-0.3, -0.25) is 4.90 Å². The molecule has 2 heteroatoms. The molecule has 1 aromatic rings. The monoisotopic (exact) mass is 441 g/mol. The average Bonchev–Trinajstić information content (AvgIpc) is 2.81. The second-order valence-electron chi connectivity index (χ2n) is 11.1. The van der Waals surface area contributed by atoms with E-state index in [9.17, 15) is 5.11 Å². The van der Waals surface area contributed by atoms with Crippen LogP contribution in [-0.2, 0) is 5.41 Å². The summed E-state index contributed by atoms with van der Waals surface area (Å²) in [5, 5.41) is 10.4. The van der Waals surface area contributed by atoms with Crippen LogP contribution < -0.4 is 0 Å². The van der Waals surface area contributed by atoms with E-state index in [1.54, 1.807) is 0 Å². The first-order valence-electron chi connectivity index (χ1n) is 14.2. The maximum atomic E-state index is 10.4. The third-order valence-electron chi connectivity index (χ3n) is 8.84. The van der Waals surface area contributed by atoms with Gasteiger partial charge in [-0.15, -0.1) is 0 Å². The largest absolute Gasteiger partial charge is 0.508 e. The fourth-order valence-electron chi connectivity index (χ4n) is 6.97. The summed E-state index contributed by atoms with van der Waals surface area (Å²) in [4.78, 5) is 2.92. The number of rotatable bonds is 12.